The number of cyclic esters (lactones) is 1. The highest BCUT2D eigenvalue weighted by molar-refractivity contribution is 5.70. The number of likely N-dealkylation sites (N-methyl/N-ethyl adjacent to an activating group) is 1. The van der Waals surface area contributed by atoms with E-state index in [1.54, 1.807) is 19.4 Å². The minimum absolute atomic E-state index is 0.169. The average Bonchev–Trinajstić information content (AvgIpc) is 2.90. The lowest BCUT2D eigenvalue weighted by Gasteiger charge is -2.18. The van der Waals surface area contributed by atoms with Crippen LogP contribution < -0.4 is 0 Å². The van der Waals surface area contributed by atoms with Gasteiger partial charge in [0.25, 0.3) is 0 Å². The Morgan fingerprint density at radius 3 is 3.00 bits per heavy atom. The van der Waals surface area contributed by atoms with Gasteiger partial charge in [0.05, 0.1) is 12.9 Å². The summed E-state index contributed by atoms with van der Waals surface area (Å²) in [6, 6.07) is 3.33. The lowest BCUT2D eigenvalue weighted by atomic mass is 10.1. The van der Waals surface area contributed by atoms with Gasteiger partial charge in [-0.3, -0.25) is 4.90 Å². The van der Waals surface area contributed by atoms with Crippen LogP contribution >= 0.6 is 0 Å². The molecule has 0 radical (unpaired) electrons. The van der Waals surface area contributed by atoms with Gasteiger partial charge < -0.3 is 18.6 Å². The molecule has 0 bridgehead atoms. The fraction of sp³-hybridized carbons (Fsp3) is 0.545. The predicted octanol–water partition coefficient (Wildman–Crippen LogP) is 1.39. The van der Waals surface area contributed by atoms with Crippen molar-refractivity contribution >= 4 is 6.09 Å². The third-order valence-corrected chi connectivity index (χ3v) is 2.63. The summed E-state index contributed by atoms with van der Waals surface area (Å²) in [5.41, 5.74) is 0. The number of hydrogen-bond donors (Lipinski definition) is 0. The molecule has 2 rings (SSSR count). The highest BCUT2D eigenvalue weighted by atomic mass is 16.7. The lowest BCUT2D eigenvalue weighted by molar-refractivity contribution is -0.0618. The molecular weight excluding hydrogens is 226 g/mol. The van der Waals surface area contributed by atoms with Crippen LogP contribution in [0.3, 0.4) is 0 Å². The molecule has 17 heavy (non-hydrogen) atoms. The molecular formula is C11H15NO5. The molecule has 0 aliphatic carbocycles. The summed E-state index contributed by atoms with van der Waals surface area (Å²) in [5, 5.41) is 0. The Balaban J connectivity index is 2.06. The second-order valence-corrected chi connectivity index (χ2v) is 3.77. The zero-order valence-electron chi connectivity index (χ0n) is 9.79. The Bertz CT molecular complexity index is 364. The van der Waals surface area contributed by atoms with Crippen molar-refractivity contribution in [2.24, 2.45) is 0 Å². The first kappa shape index (κ1) is 11.9. The molecule has 6 heteroatoms. The van der Waals surface area contributed by atoms with Gasteiger partial charge in [0.15, 0.2) is 6.10 Å². The summed E-state index contributed by atoms with van der Waals surface area (Å²) >= 11 is 0. The summed E-state index contributed by atoms with van der Waals surface area (Å²) in [7, 11) is 3.21. The molecule has 2 atom stereocenters. The number of rotatable bonds is 5. The number of methoxy groups -OCH3 is 1. The van der Waals surface area contributed by atoms with E-state index in [0.29, 0.717) is 5.76 Å². The van der Waals surface area contributed by atoms with E-state index in [-0.39, 0.29) is 31.6 Å². The molecule has 1 fully saturated rings. The highest BCUT2D eigenvalue weighted by Gasteiger charge is 2.42. The van der Waals surface area contributed by atoms with Crippen molar-refractivity contribution < 1.29 is 23.4 Å². The summed E-state index contributed by atoms with van der Waals surface area (Å²) in [6.07, 6.45) is 0.810. The van der Waals surface area contributed by atoms with Crippen LogP contribution in [0.1, 0.15) is 11.8 Å². The predicted molar refractivity (Wildman–Crippen MR) is 57.3 cm³/mol. The van der Waals surface area contributed by atoms with Crippen LogP contribution in [-0.4, -0.2) is 44.7 Å². The van der Waals surface area contributed by atoms with Gasteiger partial charge in [-0.05, 0) is 12.1 Å². The molecule has 1 aromatic rings. The SMILES string of the molecule is COCOC[C@H]1OC(=O)N(C)[C@H]1c1ccco1. The molecule has 0 spiro atoms. The molecule has 0 N–H and O–H groups in total. The van der Waals surface area contributed by atoms with Gasteiger partial charge in [-0.2, -0.15) is 0 Å². The Morgan fingerprint density at radius 2 is 2.35 bits per heavy atom. The van der Waals surface area contributed by atoms with Crippen LogP contribution in [0.5, 0.6) is 0 Å². The van der Waals surface area contributed by atoms with E-state index in [1.165, 1.54) is 12.0 Å². The number of furan rings is 1. The summed E-state index contributed by atoms with van der Waals surface area (Å²) in [4.78, 5) is 13.0. The van der Waals surface area contributed by atoms with E-state index in [1.807, 2.05) is 6.07 Å². The summed E-state index contributed by atoms with van der Waals surface area (Å²) < 4.78 is 20.5. The quantitative estimate of drug-likeness (QED) is 0.576. The molecule has 1 saturated heterocycles. The molecule has 2 heterocycles. The Hall–Kier alpha value is -1.53. The molecule has 0 aromatic carbocycles. The van der Waals surface area contributed by atoms with Crippen molar-refractivity contribution in [3.8, 4) is 0 Å². The van der Waals surface area contributed by atoms with E-state index in [4.69, 9.17) is 18.6 Å². The van der Waals surface area contributed by atoms with Gasteiger partial charge in [0.1, 0.15) is 18.6 Å². The largest absolute Gasteiger partial charge is 0.467 e. The third kappa shape index (κ3) is 2.42. The minimum atomic E-state index is -0.381. The van der Waals surface area contributed by atoms with Gasteiger partial charge in [-0.25, -0.2) is 4.79 Å². The van der Waals surface area contributed by atoms with Crippen LogP contribution in [0.2, 0.25) is 0 Å². The maximum atomic E-state index is 11.5. The van der Waals surface area contributed by atoms with Crippen molar-refractivity contribution in [3.63, 3.8) is 0 Å². The second-order valence-electron chi connectivity index (χ2n) is 3.77. The van der Waals surface area contributed by atoms with Crippen molar-refractivity contribution in [1.29, 1.82) is 0 Å². The van der Waals surface area contributed by atoms with Crippen LogP contribution in [0.4, 0.5) is 4.79 Å². The third-order valence-electron chi connectivity index (χ3n) is 2.63. The normalized spacial score (nSPS) is 24.1. The average molecular weight is 241 g/mol. The molecule has 6 nitrogen and oxygen atoms in total. The first-order valence-electron chi connectivity index (χ1n) is 5.27. The number of nitrogens with zero attached hydrogens (tertiary/aromatic N) is 1. The Kier molecular flexibility index (Phi) is 3.65. The summed E-state index contributed by atoms with van der Waals surface area (Å²) in [6.45, 7) is 0.442. The number of amides is 1. The minimum Gasteiger partial charge on any atom is -0.467 e. The fourth-order valence-corrected chi connectivity index (χ4v) is 1.85. The smallest absolute Gasteiger partial charge is 0.410 e. The van der Waals surface area contributed by atoms with E-state index in [9.17, 15) is 4.79 Å². The molecule has 0 unspecified atom stereocenters. The highest BCUT2D eigenvalue weighted by Crippen LogP contribution is 2.32. The van der Waals surface area contributed by atoms with Crippen LogP contribution in [0.25, 0.3) is 0 Å². The van der Waals surface area contributed by atoms with E-state index in [0.717, 1.165) is 0 Å². The van der Waals surface area contributed by atoms with Crippen LogP contribution in [0.15, 0.2) is 22.8 Å². The maximum Gasteiger partial charge on any atom is 0.410 e. The Labute approximate surface area is 99.0 Å². The van der Waals surface area contributed by atoms with Gasteiger partial charge >= 0.3 is 6.09 Å². The number of hydrogen-bond acceptors (Lipinski definition) is 5. The molecule has 1 amide bonds. The lowest BCUT2D eigenvalue weighted by Crippen LogP contribution is -2.27. The molecule has 1 aliphatic heterocycles. The van der Waals surface area contributed by atoms with Crippen molar-refractivity contribution in [1.82, 2.24) is 4.90 Å². The fourth-order valence-electron chi connectivity index (χ4n) is 1.85. The molecule has 1 aromatic heterocycles. The van der Waals surface area contributed by atoms with Crippen LogP contribution in [0, 0.1) is 0 Å². The Morgan fingerprint density at radius 1 is 1.53 bits per heavy atom. The van der Waals surface area contributed by atoms with E-state index in [2.05, 4.69) is 0 Å². The zero-order valence-corrected chi connectivity index (χ0v) is 9.79. The molecule has 94 valence electrons. The van der Waals surface area contributed by atoms with E-state index >= 15 is 0 Å². The first-order chi connectivity index (χ1) is 8.24. The topological polar surface area (TPSA) is 61.1 Å². The van der Waals surface area contributed by atoms with Crippen LogP contribution in [-0.2, 0) is 14.2 Å². The standard InChI is InChI=1S/C11H15NO5/c1-12-10(8-4-3-5-16-8)9(17-11(12)13)6-15-7-14-2/h3-5,9-10H,6-7H2,1-2H3/t9-,10+/m1/s1. The van der Waals surface area contributed by atoms with E-state index < -0.39 is 0 Å². The first-order valence-corrected chi connectivity index (χ1v) is 5.27. The van der Waals surface area contributed by atoms with Gasteiger partial charge in [-0.15, -0.1) is 0 Å². The number of carbonyl (C=O) groups is 1. The van der Waals surface area contributed by atoms with Crippen molar-refractivity contribution in [3.05, 3.63) is 24.2 Å². The number of ether oxygens (including phenoxy) is 3. The molecule has 1 aliphatic rings. The van der Waals surface area contributed by atoms with Crippen molar-refractivity contribution in [2.45, 2.75) is 12.1 Å². The van der Waals surface area contributed by atoms with Gasteiger partial charge in [-0.1, -0.05) is 0 Å². The molecule has 0 saturated carbocycles. The monoisotopic (exact) mass is 241 g/mol. The maximum absolute atomic E-state index is 11.5. The van der Waals surface area contributed by atoms with Crippen molar-refractivity contribution in [2.75, 3.05) is 27.6 Å². The summed E-state index contributed by atoms with van der Waals surface area (Å²) in [5.74, 6) is 0.685. The van der Waals surface area contributed by atoms with Gasteiger partial charge in [0, 0.05) is 14.2 Å². The van der Waals surface area contributed by atoms with Gasteiger partial charge in [0.2, 0.25) is 0 Å². The second kappa shape index (κ2) is 5.20. The number of carbonyl (C=O) groups excluding carboxylic acids is 1. The zero-order chi connectivity index (χ0) is 12.3.